The molecule has 80 valence electrons. The summed E-state index contributed by atoms with van der Waals surface area (Å²) in [5.74, 6) is 0.0486. The highest BCUT2D eigenvalue weighted by atomic mass is 79.9. The van der Waals surface area contributed by atoms with Gasteiger partial charge in [0.05, 0.1) is 0 Å². The zero-order valence-electron chi connectivity index (χ0n) is 8.61. The molecule has 3 nitrogen and oxygen atoms in total. The van der Waals surface area contributed by atoms with E-state index >= 15 is 0 Å². The van der Waals surface area contributed by atoms with Crippen LogP contribution in [0.25, 0.3) is 0 Å². The highest BCUT2D eigenvalue weighted by Crippen LogP contribution is 2.27. The largest absolute Gasteiger partial charge is 0.335 e. The van der Waals surface area contributed by atoms with E-state index < -0.39 is 0 Å². The summed E-state index contributed by atoms with van der Waals surface area (Å²) in [5, 5.41) is 0. The molecule has 0 N–H and O–H groups in total. The fraction of sp³-hybridized carbons (Fsp3) is 0.455. The molecule has 2 rings (SSSR count). The van der Waals surface area contributed by atoms with E-state index in [2.05, 4.69) is 20.9 Å². The summed E-state index contributed by atoms with van der Waals surface area (Å²) in [7, 11) is 0. The van der Waals surface area contributed by atoms with Crippen LogP contribution in [0.1, 0.15) is 30.3 Å². The first-order valence-corrected chi connectivity index (χ1v) is 5.94. The molecule has 0 spiro atoms. The first kappa shape index (κ1) is 10.6. The molecular weight excluding hydrogens is 256 g/mol. The molecule has 1 saturated carbocycles. The Morgan fingerprint density at radius 2 is 2.33 bits per heavy atom. The second kappa shape index (κ2) is 4.31. The van der Waals surface area contributed by atoms with Crippen LogP contribution in [0.2, 0.25) is 0 Å². The van der Waals surface area contributed by atoms with Gasteiger partial charge in [0.1, 0.15) is 5.69 Å². The molecule has 0 bridgehead atoms. The maximum Gasteiger partial charge on any atom is 0.272 e. The van der Waals surface area contributed by atoms with Gasteiger partial charge in [0, 0.05) is 23.3 Å². The Bertz CT molecular complexity index is 359. The lowest BCUT2D eigenvalue weighted by Crippen LogP contribution is -2.33. The zero-order chi connectivity index (χ0) is 10.8. The highest BCUT2D eigenvalue weighted by Gasteiger charge is 2.32. The topological polar surface area (TPSA) is 33.2 Å². The highest BCUT2D eigenvalue weighted by molar-refractivity contribution is 9.10. The van der Waals surface area contributed by atoms with Gasteiger partial charge in [-0.25, -0.2) is 4.98 Å². The van der Waals surface area contributed by atoms with E-state index in [0.717, 1.165) is 23.9 Å². The van der Waals surface area contributed by atoms with Crippen LogP contribution in [-0.4, -0.2) is 28.4 Å². The lowest BCUT2D eigenvalue weighted by molar-refractivity contribution is 0.0746. The van der Waals surface area contributed by atoms with Crippen LogP contribution < -0.4 is 0 Å². The molecule has 4 heteroatoms. The van der Waals surface area contributed by atoms with Crippen molar-refractivity contribution in [2.45, 2.75) is 25.8 Å². The van der Waals surface area contributed by atoms with Gasteiger partial charge in [-0.05, 0) is 47.8 Å². The standard InChI is InChI=1S/C11H13BrN2O/c1-2-14(9-4-5-9)11(15)10-6-3-8(12)7-13-10/h3,6-7,9H,2,4-5H2,1H3. The average molecular weight is 269 g/mol. The van der Waals surface area contributed by atoms with E-state index in [1.165, 1.54) is 0 Å². The molecule has 1 aromatic heterocycles. The summed E-state index contributed by atoms with van der Waals surface area (Å²) < 4.78 is 0.897. The Morgan fingerprint density at radius 3 is 2.80 bits per heavy atom. The molecule has 1 fully saturated rings. The van der Waals surface area contributed by atoms with Crippen molar-refractivity contribution in [3.63, 3.8) is 0 Å². The van der Waals surface area contributed by atoms with Crippen molar-refractivity contribution in [2.24, 2.45) is 0 Å². The molecule has 1 aliphatic rings. The number of carbonyl (C=O) groups excluding carboxylic acids is 1. The quantitative estimate of drug-likeness (QED) is 0.844. The Balaban J connectivity index is 2.15. The number of hydrogen-bond donors (Lipinski definition) is 0. The van der Waals surface area contributed by atoms with E-state index in [4.69, 9.17) is 0 Å². The second-order valence-corrected chi connectivity index (χ2v) is 4.60. The van der Waals surface area contributed by atoms with Gasteiger partial charge in [0.2, 0.25) is 0 Å². The van der Waals surface area contributed by atoms with Crippen molar-refractivity contribution in [2.75, 3.05) is 6.54 Å². The third-order valence-corrected chi connectivity index (χ3v) is 3.00. The second-order valence-electron chi connectivity index (χ2n) is 3.68. The maximum absolute atomic E-state index is 12.0. The molecular formula is C11H13BrN2O. The SMILES string of the molecule is CCN(C(=O)c1ccc(Br)cn1)C1CC1. The fourth-order valence-corrected chi connectivity index (χ4v) is 1.84. The fourth-order valence-electron chi connectivity index (χ4n) is 1.60. The Kier molecular flexibility index (Phi) is 3.05. The normalized spacial score (nSPS) is 15.1. The van der Waals surface area contributed by atoms with Crippen molar-refractivity contribution >= 4 is 21.8 Å². The minimum Gasteiger partial charge on any atom is -0.335 e. The monoisotopic (exact) mass is 268 g/mol. The Morgan fingerprint density at radius 1 is 1.60 bits per heavy atom. The van der Waals surface area contributed by atoms with E-state index in [1.807, 2.05) is 17.9 Å². The molecule has 0 unspecified atom stereocenters. The van der Waals surface area contributed by atoms with E-state index in [-0.39, 0.29) is 5.91 Å². The van der Waals surface area contributed by atoms with Crippen LogP contribution in [0, 0.1) is 0 Å². The number of nitrogens with zero attached hydrogens (tertiary/aromatic N) is 2. The summed E-state index contributed by atoms with van der Waals surface area (Å²) in [4.78, 5) is 18.0. The molecule has 0 radical (unpaired) electrons. The maximum atomic E-state index is 12.0. The Labute approximate surface area is 97.6 Å². The predicted octanol–water partition coefficient (Wildman–Crippen LogP) is 2.47. The summed E-state index contributed by atoms with van der Waals surface area (Å²) >= 11 is 3.30. The lowest BCUT2D eigenvalue weighted by atomic mass is 10.3. The number of halogens is 1. The van der Waals surface area contributed by atoms with Gasteiger partial charge in [-0.1, -0.05) is 0 Å². The van der Waals surface area contributed by atoms with Gasteiger partial charge in [-0.2, -0.15) is 0 Å². The third-order valence-electron chi connectivity index (χ3n) is 2.54. The Hall–Kier alpha value is -0.900. The first-order valence-electron chi connectivity index (χ1n) is 5.15. The minimum absolute atomic E-state index is 0.0486. The van der Waals surface area contributed by atoms with Crippen molar-refractivity contribution in [3.8, 4) is 0 Å². The molecule has 15 heavy (non-hydrogen) atoms. The molecule has 1 aliphatic carbocycles. The number of aromatic nitrogens is 1. The summed E-state index contributed by atoms with van der Waals surface area (Å²) in [5.41, 5.74) is 0.534. The molecule has 1 heterocycles. The van der Waals surface area contributed by atoms with Gasteiger partial charge in [-0.15, -0.1) is 0 Å². The van der Waals surface area contributed by atoms with Crippen LogP contribution in [0.3, 0.4) is 0 Å². The lowest BCUT2D eigenvalue weighted by Gasteiger charge is -2.19. The summed E-state index contributed by atoms with van der Waals surface area (Å²) in [6.07, 6.45) is 3.93. The third kappa shape index (κ3) is 2.37. The number of hydrogen-bond acceptors (Lipinski definition) is 2. The van der Waals surface area contributed by atoms with E-state index in [1.54, 1.807) is 12.3 Å². The van der Waals surface area contributed by atoms with E-state index in [0.29, 0.717) is 11.7 Å². The molecule has 0 aromatic carbocycles. The van der Waals surface area contributed by atoms with Gasteiger partial charge in [0.15, 0.2) is 0 Å². The van der Waals surface area contributed by atoms with Crippen molar-refractivity contribution in [3.05, 3.63) is 28.5 Å². The van der Waals surface area contributed by atoms with Gasteiger partial charge in [-0.3, -0.25) is 4.79 Å². The predicted molar refractivity (Wildman–Crippen MR) is 61.7 cm³/mol. The summed E-state index contributed by atoms with van der Waals surface area (Å²) in [6.45, 7) is 2.77. The molecule has 1 amide bonds. The van der Waals surface area contributed by atoms with Crippen molar-refractivity contribution < 1.29 is 4.79 Å². The smallest absolute Gasteiger partial charge is 0.272 e. The van der Waals surface area contributed by atoms with Crippen LogP contribution in [0.15, 0.2) is 22.8 Å². The molecule has 1 aromatic rings. The number of carbonyl (C=O) groups is 1. The summed E-state index contributed by atoms with van der Waals surface area (Å²) in [6, 6.07) is 4.06. The number of rotatable bonds is 3. The van der Waals surface area contributed by atoms with Crippen molar-refractivity contribution in [1.82, 2.24) is 9.88 Å². The van der Waals surface area contributed by atoms with Crippen LogP contribution in [-0.2, 0) is 0 Å². The first-order chi connectivity index (χ1) is 7.22. The average Bonchev–Trinajstić information content (AvgIpc) is 3.04. The molecule has 0 aliphatic heterocycles. The van der Waals surface area contributed by atoms with E-state index in [9.17, 15) is 4.79 Å². The zero-order valence-corrected chi connectivity index (χ0v) is 10.2. The minimum atomic E-state index is 0.0486. The number of pyridine rings is 1. The van der Waals surface area contributed by atoms with Crippen molar-refractivity contribution in [1.29, 1.82) is 0 Å². The molecule has 0 atom stereocenters. The van der Waals surface area contributed by atoms with Crippen LogP contribution in [0.4, 0.5) is 0 Å². The van der Waals surface area contributed by atoms with Gasteiger partial charge < -0.3 is 4.90 Å². The number of amides is 1. The van der Waals surface area contributed by atoms with Crippen LogP contribution >= 0.6 is 15.9 Å². The van der Waals surface area contributed by atoms with Crippen LogP contribution in [0.5, 0.6) is 0 Å². The molecule has 0 saturated heterocycles. The van der Waals surface area contributed by atoms with Gasteiger partial charge in [0.25, 0.3) is 5.91 Å². The van der Waals surface area contributed by atoms with Gasteiger partial charge >= 0.3 is 0 Å².